The topological polar surface area (TPSA) is 51.5 Å². The van der Waals surface area contributed by atoms with E-state index in [-0.39, 0.29) is 5.63 Å². The molecule has 0 bridgehead atoms. The van der Waals surface area contributed by atoms with Crippen molar-refractivity contribution < 1.29 is 9.15 Å². The zero-order chi connectivity index (χ0) is 18.6. The van der Waals surface area contributed by atoms with Crippen LogP contribution in [0, 0.1) is 6.92 Å². The van der Waals surface area contributed by atoms with E-state index in [1.807, 2.05) is 48.5 Å². The third kappa shape index (κ3) is 3.86. The Hall–Kier alpha value is -3.11. The monoisotopic (exact) mass is 359 g/mol. The van der Waals surface area contributed by atoms with E-state index in [1.54, 1.807) is 6.07 Å². The molecule has 0 aliphatic rings. The van der Waals surface area contributed by atoms with Crippen LogP contribution >= 0.6 is 0 Å². The van der Waals surface area contributed by atoms with Crippen LogP contribution in [-0.2, 0) is 6.54 Å². The van der Waals surface area contributed by atoms with E-state index in [1.165, 1.54) is 5.56 Å². The smallest absolute Gasteiger partial charge is 0.336 e. The van der Waals surface area contributed by atoms with E-state index in [2.05, 4.69) is 24.4 Å². The highest BCUT2D eigenvalue weighted by Crippen LogP contribution is 2.27. The minimum atomic E-state index is -0.328. The number of aryl methyl sites for hydroxylation is 1. The van der Waals surface area contributed by atoms with Crippen LogP contribution in [0.3, 0.4) is 0 Å². The van der Waals surface area contributed by atoms with Crippen molar-refractivity contribution in [3.05, 3.63) is 88.3 Å². The molecule has 0 radical (unpaired) electrons. The molecule has 27 heavy (non-hydrogen) atoms. The second kappa shape index (κ2) is 7.64. The fraction of sp³-hybridized carbons (Fsp3) is 0.174. The van der Waals surface area contributed by atoms with Crippen molar-refractivity contribution in [1.29, 1.82) is 0 Å². The minimum Gasteiger partial charge on any atom is -0.492 e. The predicted molar refractivity (Wildman–Crippen MR) is 108 cm³/mol. The maximum Gasteiger partial charge on any atom is 0.336 e. The van der Waals surface area contributed by atoms with Crippen LogP contribution < -0.4 is 15.7 Å². The average Bonchev–Trinajstić information content (AvgIpc) is 2.68. The van der Waals surface area contributed by atoms with Gasteiger partial charge in [-0.3, -0.25) is 0 Å². The van der Waals surface area contributed by atoms with Crippen LogP contribution in [0.2, 0.25) is 0 Å². The lowest BCUT2D eigenvalue weighted by Gasteiger charge is -2.11. The number of benzene rings is 3. The maximum absolute atomic E-state index is 11.9. The Kier molecular flexibility index (Phi) is 4.90. The van der Waals surface area contributed by atoms with Crippen LogP contribution in [-0.4, -0.2) is 13.2 Å². The second-order valence-corrected chi connectivity index (χ2v) is 6.59. The summed E-state index contributed by atoms with van der Waals surface area (Å²) in [5.41, 5.74) is 2.44. The molecule has 0 spiro atoms. The molecule has 3 aromatic carbocycles. The van der Waals surface area contributed by atoms with Gasteiger partial charge in [-0.15, -0.1) is 0 Å². The summed E-state index contributed by atoms with van der Waals surface area (Å²) in [6.45, 7) is 3.87. The average molecular weight is 359 g/mol. The quantitative estimate of drug-likeness (QED) is 0.314. The number of hydrogen-bond donors (Lipinski definition) is 1. The van der Waals surface area contributed by atoms with Gasteiger partial charge < -0.3 is 14.5 Å². The number of nitrogens with one attached hydrogen (secondary N) is 1. The summed E-state index contributed by atoms with van der Waals surface area (Å²) in [5, 5.41) is 6.56. The van der Waals surface area contributed by atoms with Crippen LogP contribution in [0.5, 0.6) is 5.75 Å². The Balaban J connectivity index is 1.49. The highest BCUT2D eigenvalue weighted by atomic mass is 16.5. The van der Waals surface area contributed by atoms with Crippen LogP contribution in [0.4, 0.5) is 0 Å². The maximum atomic E-state index is 11.9. The zero-order valence-corrected chi connectivity index (χ0v) is 15.2. The molecule has 0 fully saturated rings. The Morgan fingerprint density at radius 2 is 1.81 bits per heavy atom. The molecule has 4 nitrogen and oxygen atoms in total. The lowest BCUT2D eigenvalue weighted by atomic mass is 10.0. The van der Waals surface area contributed by atoms with Gasteiger partial charge in [-0.2, -0.15) is 0 Å². The van der Waals surface area contributed by atoms with E-state index < -0.39 is 0 Å². The molecule has 4 heteroatoms. The van der Waals surface area contributed by atoms with Gasteiger partial charge in [0.1, 0.15) is 17.9 Å². The molecule has 1 aromatic heterocycles. The number of fused-ring (bicyclic) bond motifs is 3. The van der Waals surface area contributed by atoms with Crippen molar-refractivity contribution in [3.63, 3.8) is 0 Å². The van der Waals surface area contributed by atoms with E-state index in [4.69, 9.17) is 9.15 Å². The largest absolute Gasteiger partial charge is 0.492 e. The molecular weight excluding hydrogens is 338 g/mol. The number of ether oxygens (including phenoxy) is 1. The SMILES string of the molecule is Cc1ccc(OCCNCc2cc(=O)oc3ccc4ccccc4c23)cc1. The predicted octanol–water partition coefficient (Wildman–Crippen LogP) is 4.42. The van der Waals surface area contributed by atoms with Gasteiger partial charge in [-0.25, -0.2) is 4.79 Å². The van der Waals surface area contributed by atoms with Gasteiger partial charge >= 0.3 is 5.63 Å². The van der Waals surface area contributed by atoms with Crippen LogP contribution in [0.1, 0.15) is 11.1 Å². The summed E-state index contributed by atoms with van der Waals surface area (Å²) in [6, 6.07) is 21.5. The first-order valence-electron chi connectivity index (χ1n) is 9.05. The van der Waals surface area contributed by atoms with Crippen molar-refractivity contribution in [1.82, 2.24) is 5.32 Å². The number of hydrogen-bond acceptors (Lipinski definition) is 4. The third-order valence-electron chi connectivity index (χ3n) is 4.60. The molecule has 4 aromatic rings. The first-order chi connectivity index (χ1) is 13.2. The van der Waals surface area contributed by atoms with Gasteiger partial charge in [0, 0.05) is 24.5 Å². The molecule has 0 aliphatic carbocycles. The highest BCUT2D eigenvalue weighted by Gasteiger charge is 2.09. The lowest BCUT2D eigenvalue weighted by molar-refractivity contribution is 0.313. The van der Waals surface area contributed by atoms with Crippen molar-refractivity contribution in [2.75, 3.05) is 13.2 Å². The molecule has 136 valence electrons. The van der Waals surface area contributed by atoms with Gasteiger partial charge in [0.2, 0.25) is 0 Å². The molecule has 0 unspecified atom stereocenters. The summed E-state index contributed by atoms with van der Waals surface area (Å²) in [6.07, 6.45) is 0. The third-order valence-corrected chi connectivity index (χ3v) is 4.60. The summed E-state index contributed by atoms with van der Waals surface area (Å²) in [7, 11) is 0. The Morgan fingerprint density at radius 1 is 1.00 bits per heavy atom. The Morgan fingerprint density at radius 3 is 2.67 bits per heavy atom. The molecular formula is C23H21NO3. The summed E-state index contributed by atoms with van der Waals surface area (Å²) in [5.74, 6) is 0.860. The normalized spacial score (nSPS) is 11.1. The zero-order valence-electron chi connectivity index (χ0n) is 15.2. The standard InChI is InChI=1S/C23H21NO3/c1-16-6-9-19(10-7-16)26-13-12-24-15-18-14-22(25)27-21-11-8-17-4-2-3-5-20(17)23(18)21/h2-11,14,24H,12-13,15H2,1H3. The summed E-state index contributed by atoms with van der Waals surface area (Å²) >= 11 is 0. The van der Waals surface area contributed by atoms with Crippen LogP contribution in [0.15, 0.2) is 75.9 Å². The number of rotatable bonds is 6. The van der Waals surface area contributed by atoms with E-state index in [9.17, 15) is 4.79 Å². The van der Waals surface area contributed by atoms with Crippen molar-refractivity contribution in [3.8, 4) is 5.75 Å². The molecule has 0 aliphatic heterocycles. The molecule has 1 heterocycles. The Labute approximate surface area is 157 Å². The van der Waals surface area contributed by atoms with E-state index >= 15 is 0 Å². The summed E-state index contributed by atoms with van der Waals surface area (Å²) in [4.78, 5) is 11.9. The highest BCUT2D eigenvalue weighted by molar-refractivity contribution is 6.07. The molecule has 0 atom stereocenters. The second-order valence-electron chi connectivity index (χ2n) is 6.59. The van der Waals surface area contributed by atoms with Gasteiger partial charge in [-0.1, -0.05) is 48.0 Å². The molecule has 0 saturated heterocycles. The van der Waals surface area contributed by atoms with E-state index in [0.717, 1.165) is 27.5 Å². The fourth-order valence-corrected chi connectivity index (χ4v) is 3.26. The fourth-order valence-electron chi connectivity index (χ4n) is 3.26. The van der Waals surface area contributed by atoms with Gasteiger partial charge in [0.25, 0.3) is 0 Å². The van der Waals surface area contributed by atoms with E-state index in [0.29, 0.717) is 25.3 Å². The Bertz CT molecular complexity index is 1130. The van der Waals surface area contributed by atoms with Crippen molar-refractivity contribution in [2.45, 2.75) is 13.5 Å². The molecule has 1 N–H and O–H groups in total. The summed E-state index contributed by atoms with van der Waals surface area (Å²) < 4.78 is 11.1. The van der Waals surface area contributed by atoms with Gasteiger partial charge in [-0.05, 0) is 41.5 Å². The van der Waals surface area contributed by atoms with Gasteiger partial charge in [0.05, 0.1) is 0 Å². The van der Waals surface area contributed by atoms with Crippen LogP contribution in [0.25, 0.3) is 21.7 Å². The van der Waals surface area contributed by atoms with Crippen molar-refractivity contribution in [2.24, 2.45) is 0 Å². The van der Waals surface area contributed by atoms with Crippen molar-refractivity contribution >= 4 is 21.7 Å². The lowest BCUT2D eigenvalue weighted by Crippen LogP contribution is -2.21. The molecule has 0 amide bonds. The first kappa shape index (κ1) is 17.3. The first-order valence-corrected chi connectivity index (χ1v) is 9.05. The van der Waals surface area contributed by atoms with Gasteiger partial charge in [0.15, 0.2) is 0 Å². The molecule has 4 rings (SSSR count). The minimum absolute atomic E-state index is 0.328. The molecule has 0 saturated carbocycles.